The number of nitrogens with one attached hydrogen (secondary N) is 2. The number of carbonyl (C=O) groups is 1. The number of hydrogen-bond donors (Lipinski definition) is 2. The SMILES string of the molecule is O=C(NC(=S)NCc1ccccc1)c1cccc2ccccc12. The minimum atomic E-state index is -0.202. The highest BCUT2D eigenvalue weighted by Gasteiger charge is 2.10. The highest BCUT2D eigenvalue weighted by molar-refractivity contribution is 7.80. The Morgan fingerprint density at radius 3 is 2.39 bits per heavy atom. The van der Waals surface area contributed by atoms with Gasteiger partial charge in [-0.15, -0.1) is 0 Å². The zero-order valence-corrected chi connectivity index (χ0v) is 13.3. The van der Waals surface area contributed by atoms with Crippen LogP contribution in [0, 0.1) is 0 Å². The van der Waals surface area contributed by atoms with Crippen LogP contribution in [-0.2, 0) is 6.54 Å². The molecule has 0 radical (unpaired) electrons. The molecule has 2 N–H and O–H groups in total. The number of amides is 1. The summed E-state index contributed by atoms with van der Waals surface area (Å²) in [6.45, 7) is 0.579. The van der Waals surface area contributed by atoms with E-state index in [-0.39, 0.29) is 5.91 Å². The molecule has 0 bridgehead atoms. The second-order valence-corrected chi connectivity index (χ2v) is 5.56. The van der Waals surface area contributed by atoms with Crippen molar-refractivity contribution in [2.45, 2.75) is 6.54 Å². The highest BCUT2D eigenvalue weighted by atomic mass is 32.1. The summed E-state index contributed by atoms with van der Waals surface area (Å²) >= 11 is 5.21. The van der Waals surface area contributed by atoms with Gasteiger partial charge in [0, 0.05) is 12.1 Å². The Balaban J connectivity index is 1.67. The molecular formula is C19H16N2OS. The van der Waals surface area contributed by atoms with Crippen molar-refractivity contribution < 1.29 is 4.79 Å². The molecule has 1 amide bonds. The van der Waals surface area contributed by atoms with Gasteiger partial charge in [-0.2, -0.15) is 0 Å². The van der Waals surface area contributed by atoms with Crippen molar-refractivity contribution in [2.75, 3.05) is 0 Å². The zero-order chi connectivity index (χ0) is 16.1. The van der Waals surface area contributed by atoms with Gasteiger partial charge < -0.3 is 5.32 Å². The quantitative estimate of drug-likeness (QED) is 0.724. The molecule has 0 unspecified atom stereocenters. The summed E-state index contributed by atoms with van der Waals surface area (Å²) in [6.07, 6.45) is 0. The van der Waals surface area contributed by atoms with E-state index in [0.29, 0.717) is 17.2 Å². The Kier molecular flexibility index (Phi) is 4.64. The average molecular weight is 320 g/mol. The predicted octanol–water partition coefficient (Wildman–Crippen LogP) is 3.64. The number of thiocarbonyl (C=S) groups is 1. The van der Waals surface area contributed by atoms with Crippen LogP contribution in [0.15, 0.2) is 72.8 Å². The van der Waals surface area contributed by atoms with E-state index in [9.17, 15) is 4.79 Å². The molecule has 3 aromatic carbocycles. The zero-order valence-electron chi connectivity index (χ0n) is 12.5. The number of benzene rings is 3. The van der Waals surface area contributed by atoms with Crippen molar-refractivity contribution in [3.8, 4) is 0 Å². The summed E-state index contributed by atoms with van der Waals surface area (Å²) in [7, 11) is 0. The minimum absolute atomic E-state index is 0.202. The topological polar surface area (TPSA) is 41.1 Å². The maximum Gasteiger partial charge on any atom is 0.258 e. The van der Waals surface area contributed by atoms with E-state index in [1.165, 1.54) is 0 Å². The second kappa shape index (κ2) is 7.03. The molecule has 0 heterocycles. The summed E-state index contributed by atoms with van der Waals surface area (Å²) in [5.41, 5.74) is 1.72. The normalized spacial score (nSPS) is 10.3. The van der Waals surface area contributed by atoms with Crippen molar-refractivity contribution in [1.29, 1.82) is 0 Å². The van der Waals surface area contributed by atoms with E-state index in [0.717, 1.165) is 16.3 Å². The van der Waals surface area contributed by atoms with Crippen LogP contribution < -0.4 is 10.6 Å². The van der Waals surface area contributed by atoms with Crippen LogP contribution in [0.3, 0.4) is 0 Å². The third kappa shape index (κ3) is 3.73. The molecule has 0 saturated heterocycles. The van der Waals surface area contributed by atoms with Crippen molar-refractivity contribution in [3.63, 3.8) is 0 Å². The summed E-state index contributed by atoms with van der Waals surface area (Å²) in [5, 5.41) is 8.06. The lowest BCUT2D eigenvalue weighted by Crippen LogP contribution is -2.38. The van der Waals surface area contributed by atoms with Gasteiger partial charge in [0.25, 0.3) is 5.91 Å². The largest absolute Gasteiger partial charge is 0.358 e. The smallest absolute Gasteiger partial charge is 0.258 e. The van der Waals surface area contributed by atoms with Crippen LogP contribution >= 0.6 is 12.2 Å². The van der Waals surface area contributed by atoms with E-state index in [4.69, 9.17) is 12.2 Å². The number of fused-ring (bicyclic) bond motifs is 1. The Labute approximate surface area is 140 Å². The van der Waals surface area contributed by atoms with Crippen molar-refractivity contribution in [2.24, 2.45) is 0 Å². The first kappa shape index (κ1) is 15.2. The summed E-state index contributed by atoms with van der Waals surface area (Å²) < 4.78 is 0. The Morgan fingerprint density at radius 2 is 1.57 bits per heavy atom. The molecule has 3 aromatic rings. The van der Waals surface area contributed by atoms with E-state index in [1.54, 1.807) is 6.07 Å². The lowest BCUT2D eigenvalue weighted by molar-refractivity contribution is 0.0978. The number of rotatable bonds is 3. The molecule has 3 rings (SSSR count). The van der Waals surface area contributed by atoms with Crippen LogP contribution in [0.2, 0.25) is 0 Å². The molecule has 0 spiro atoms. The monoisotopic (exact) mass is 320 g/mol. The van der Waals surface area contributed by atoms with E-state index >= 15 is 0 Å². The molecule has 0 aliphatic heterocycles. The highest BCUT2D eigenvalue weighted by Crippen LogP contribution is 2.18. The van der Waals surface area contributed by atoms with Gasteiger partial charge in [-0.25, -0.2) is 0 Å². The van der Waals surface area contributed by atoms with Crippen LogP contribution in [-0.4, -0.2) is 11.0 Å². The van der Waals surface area contributed by atoms with E-state index in [1.807, 2.05) is 66.7 Å². The molecule has 23 heavy (non-hydrogen) atoms. The Bertz CT molecular complexity index is 841. The maximum atomic E-state index is 12.4. The number of hydrogen-bond acceptors (Lipinski definition) is 2. The minimum Gasteiger partial charge on any atom is -0.358 e. The molecule has 0 aliphatic carbocycles. The van der Waals surface area contributed by atoms with Crippen molar-refractivity contribution >= 4 is 34.0 Å². The Morgan fingerprint density at radius 1 is 0.870 bits per heavy atom. The summed E-state index contributed by atoms with van der Waals surface area (Å²) in [5.74, 6) is -0.202. The first-order valence-corrected chi connectivity index (χ1v) is 7.76. The molecule has 4 heteroatoms. The van der Waals surface area contributed by atoms with Gasteiger partial charge in [-0.3, -0.25) is 10.1 Å². The Hall–Kier alpha value is -2.72. The lowest BCUT2D eigenvalue weighted by atomic mass is 10.0. The van der Waals surface area contributed by atoms with Gasteiger partial charge in [0.05, 0.1) is 0 Å². The fourth-order valence-electron chi connectivity index (χ4n) is 2.42. The second-order valence-electron chi connectivity index (χ2n) is 5.15. The molecular weight excluding hydrogens is 304 g/mol. The van der Waals surface area contributed by atoms with Crippen molar-refractivity contribution in [3.05, 3.63) is 83.9 Å². The molecule has 0 fully saturated rings. The fourth-order valence-corrected chi connectivity index (χ4v) is 2.58. The van der Waals surface area contributed by atoms with Crippen LogP contribution in [0.4, 0.5) is 0 Å². The summed E-state index contributed by atoms with van der Waals surface area (Å²) in [6, 6.07) is 23.4. The molecule has 0 aliphatic rings. The molecule has 0 saturated carbocycles. The standard InChI is InChI=1S/C19H16N2OS/c22-18(17-12-6-10-15-9-4-5-11-16(15)17)21-19(23)20-13-14-7-2-1-3-8-14/h1-12H,13H2,(H2,20,21,22,23). The molecule has 114 valence electrons. The average Bonchev–Trinajstić information content (AvgIpc) is 2.60. The predicted molar refractivity (Wildman–Crippen MR) is 97.3 cm³/mol. The van der Waals surface area contributed by atoms with Crippen molar-refractivity contribution in [1.82, 2.24) is 10.6 Å². The van der Waals surface area contributed by atoms with Gasteiger partial charge in [0.1, 0.15) is 0 Å². The van der Waals surface area contributed by atoms with Gasteiger partial charge in [-0.1, -0.05) is 66.7 Å². The lowest BCUT2D eigenvalue weighted by Gasteiger charge is -2.11. The van der Waals surface area contributed by atoms with Gasteiger partial charge in [0.15, 0.2) is 5.11 Å². The van der Waals surface area contributed by atoms with E-state index < -0.39 is 0 Å². The van der Waals surface area contributed by atoms with Crippen LogP contribution in [0.5, 0.6) is 0 Å². The van der Waals surface area contributed by atoms with Crippen LogP contribution in [0.1, 0.15) is 15.9 Å². The maximum absolute atomic E-state index is 12.4. The number of carbonyl (C=O) groups excluding carboxylic acids is 1. The third-order valence-corrected chi connectivity index (χ3v) is 3.80. The van der Waals surface area contributed by atoms with Gasteiger partial charge in [0.2, 0.25) is 0 Å². The fraction of sp³-hybridized carbons (Fsp3) is 0.0526. The van der Waals surface area contributed by atoms with E-state index in [2.05, 4.69) is 10.6 Å². The molecule has 0 atom stereocenters. The molecule has 0 aromatic heterocycles. The summed E-state index contributed by atoms with van der Waals surface area (Å²) in [4.78, 5) is 12.4. The van der Waals surface area contributed by atoms with Gasteiger partial charge in [-0.05, 0) is 34.6 Å². The third-order valence-electron chi connectivity index (χ3n) is 3.56. The first-order chi connectivity index (χ1) is 11.2. The first-order valence-electron chi connectivity index (χ1n) is 7.35. The molecule has 3 nitrogen and oxygen atoms in total. The van der Waals surface area contributed by atoms with Crippen LogP contribution in [0.25, 0.3) is 10.8 Å². The van der Waals surface area contributed by atoms with Gasteiger partial charge >= 0.3 is 0 Å².